The lowest BCUT2D eigenvalue weighted by Crippen LogP contribution is -2.47. The molecule has 0 spiro atoms. The average Bonchev–Trinajstić information content (AvgIpc) is 2.77. The minimum atomic E-state index is -0.817. The van der Waals surface area contributed by atoms with Gasteiger partial charge in [0.05, 0.1) is 13.2 Å². The Bertz CT molecular complexity index is 849. The van der Waals surface area contributed by atoms with Crippen molar-refractivity contribution in [2.45, 2.75) is 18.9 Å². The monoisotopic (exact) mass is 398 g/mol. The van der Waals surface area contributed by atoms with E-state index in [2.05, 4.69) is 5.32 Å². The molecule has 0 bridgehead atoms. The Kier molecular flexibility index (Phi) is 7.08. The van der Waals surface area contributed by atoms with E-state index < -0.39 is 17.8 Å². The molecule has 152 valence electrons. The van der Waals surface area contributed by atoms with Crippen molar-refractivity contribution in [1.29, 1.82) is 0 Å². The molecule has 2 aromatic rings. The van der Waals surface area contributed by atoms with Crippen molar-refractivity contribution < 1.29 is 23.5 Å². The molecule has 0 aliphatic carbocycles. The van der Waals surface area contributed by atoms with Crippen molar-refractivity contribution in [3.8, 4) is 0 Å². The molecular formula is C22H23FN2O4. The van der Waals surface area contributed by atoms with Gasteiger partial charge in [-0.3, -0.25) is 14.4 Å². The van der Waals surface area contributed by atoms with Crippen LogP contribution in [0.15, 0.2) is 54.6 Å². The number of ketones is 1. The standard InChI is InChI=1S/C22H23FN2O4/c23-18-8-6-16(7-9-18)19(26)10-11-20(27)24-21(17-4-2-1-3-5-17)22(28)25-12-14-29-15-13-25/h1-9,21H,10-15H2,(H,24,27)/t21-/m0/s1. The lowest BCUT2D eigenvalue weighted by molar-refractivity contribution is -0.140. The zero-order valence-electron chi connectivity index (χ0n) is 16.0. The number of halogens is 1. The van der Waals surface area contributed by atoms with Gasteiger partial charge in [-0.25, -0.2) is 4.39 Å². The number of carbonyl (C=O) groups excluding carboxylic acids is 3. The number of Topliss-reactive ketones (excluding diaryl/α,β-unsaturated/α-hetero) is 1. The minimum Gasteiger partial charge on any atom is -0.378 e. The third kappa shape index (κ3) is 5.71. The first-order chi connectivity index (χ1) is 14.0. The molecule has 0 aromatic heterocycles. The second-order valence-electron chi connectivity index (χ2n) is 6.78. The number of morpholine rings is 1. The van der Waals surface area contributed by atoms with Gasteiger partial charge in [0, 0.05) is 31.5 Å². The van der Waals surface area contributed by atoms with Gasteiger partial charge in [-0.1, -0.05) is 30.3 Å². The number of benzene rings is 2. The van der Waals surface area contributed by atoms with Crippen LogP contribution >= 0.6 is 0 Å². The molecule has 2 aromatic carbocycles. The number of carbonyl (C=O) groups is 3. The van der Waals surface area contributed by atoms with Gasteiger partial charge < -0.3 is 15.0 Å². The molecule has 1 aliphatic heterocycles. The first-order valence-corrected chi connectivity index (χ1v) is 9.54. The van der Waals surface area contributed by atoms with Crippen LogP contribution in [0, 0.1) is 5.82 Å². The van der Waals surface area contributed by atoms with Gasteiger partial charge in [-0.2, -0.15) is 0 Å². The van der Waals surface area contributed by atoms with Crippen molar-refractivity contribution in [2.75, 3.05) is 26.3 Å². The molecular weight excluding hydrogens is 375 g/mol. The highest BCUT2D eigenvalue weighted by atomic mass is 19.1. The molecule has 1 aliphatic rings. The SMILES string of the molecule is O=C(CCC(=O)c1ccc(F)cc1)N[C@H](C(=O)N1CCOCC1)c1ccccc1. The van der Waals surface area contributed by atoms with Crippen LogP contribution in [0.2, 0.25) is 0 Å². The van der Waals surface area contributed by atoms with Crippen LogP contribution in [0.25, 0.3) is 0 Å². The summed E-state index contributed by atoms with van der Waals surface area (Å²) in [6.45, 7) is 1.88. The molecule has 1 N–H and O–H groups in total. The third-order valence-electron chi connectivity index (χ3n) is 4.75. The first kappa shape index (κ1) is 20.7. The molecule has 1 saturated heterocycles. The largest absolute Gasteiger partial charge is 0.378 e. The maximum absolute atomic E-state index is 13.0. The molecule has 0 saturated carbocycles. The number of nitrogens with one attached hydrogen (secondary N) is 1. The van der Waals surface area contributed by atoms with Crippen molar-refractivity contribution in [1.82, 2.24) is 10.2 Å². The van der Waals surface area contributed by atoms with E-state index in [9.17, 15) is 18.8 Å². The third-order valence-corrected chi connectivity index (χ3v) is 4.75. The molecule has 0 unspecified atom stereocenters. The quantitative estimate of drug-likeness (QED) is 0.727. The molecule has 1 fully saturated rings. The summed E-state index contributed by atoms with van der Waals surface area (Å²) in [7, 11) is 0. The summed E-state index contributed by atoms with van der Waals surface area (Å²) < 4.78 is 18.3. The highest BCUT2D eigenvalue weighted by Crippen LogP contribution is 2.17. The van der Waals surface area contributed by atoms with Crippen LogP contribution in [0.5, 0.6) is 0 Å². The highest BCUT2D eigenvalue weighted by Gasteiger charge is 2.28. The Hall–Kier alpha value is -3.06. The number of hydrogen-bond acceptors (Lipinski definition) is 4. The zero-order valence-corrected chi connectivity index (χ0v) is 16.0. The Morgan fingerprint density at radius 3 is 2.28 bits per heavy atom. The van der Waals surface area contributed by atoms with Crippen LogP contribution in [-0.2, 0) is 14.3 Å². The Morgan fingerprint density at radius 2 is 1.62 bits per heavy atom. The van der Waals surface area contributed by atoms with E-state index in [1.165, 1.54) is 24.3 Å². The number of nitrogens with zero attached hydrogens (tertiary/aromatic N) is 1. The summed E-state index contributed by atoms with van der Waals surface area (Å²) in [5.41, 5.74) is 1.03. The lowest BCUT2D eigenvalue weighted by atomic mass is 10.0. The molecule has 29 heavy (non-hydrogen) atoms. The Morgan fingerprint density at radius 1 is 0.966 bits per heavy atom. The van der Waals surface area contributed by atoms with Crippen molar-refractivity contribution in [3.63, 3.8) is 0 Å². The summed E-state index contributed by atoms with van der Waals surface area (Å²) in [5, 5.41) is 2.76. The van der Waals surface area contributed by atoms with E-state index in [-0.39, 0.29) is 24.5 Å². The van der Waals surface area contributed by atoms with E-state index in [0.29, 0.717) is 37.4 Å². The zero-order chi connectivity index (χ0) is 20.6. The van der Waals surface area contributed by atoms with Gasteiger partial charge in [-0.15, -0.1) is 0 Å². The second-order valence-corrected chi connectivity index (χ2v) is 6.78. The predicted molar refractivity (Wildman–Crippen MR) is 105 cm³/mol. The van der Waals surface area contributed by atoms with E-state index in [0.717, 1.165) is 0 Å². The van der Waals surface area contributed by atoms with Gasteiger partial charge in [-0.05, 0) is 29.8 Å². The van der Waals surface area contributed by atoms with Gasteiger partial charge in [0.1, 0.15) is 11.9 Å². The van der Waals surface area contributed by atoms with Crippen molar-refractivity contribution in [2.24, 2.45) is 0 Å². The molecule has 1 atom stereocenters. The smallest absolute Gasteiger partial charge is 0.249 e. The summed E-state index contributed by atoms with van der Waals surface area (Å²) >= 11 is 0. The normalized spacial score (nSPS) is 14.9. The lowest BCUT2D eigenvalue weighted by Gasteiger charge is -2.31. The Labute approximate surface area is 168 Å². The molecule has 2 amide bonds. The molecule has 1 heterocycles. The van der Waals surface area contributed by atoms with E-state index >= 15 is 0 Å². The Balaban J connectivity index is 1.63. The second kappa shape index (κ2) is 9.93. The maximum Gasteiger partial charge on any atom is 0.249 e. The van der Waals surface area contributed by atoms with Gasteiger partial charge in [0.2, 0.25) is 11.8 Å². The van der Waals surface area contributed by atoms with E-state index in [4.69, 9.17) is 4.74 Å². The fourth-order valence-corrected chi connectivity index (χ4v) is 3.14. The van der Waals surface area contributed by atoms with Crippen molar-refractivity contribution in [3.05, 3.63) is 71.5 Å². The predicted octanol–water partition coefficient (Wildman–Crippen LogP) is 2.50. The van der Waals surface area contributed by atoms with Gasteiger partial charge >= 0.3 is 0 Å². The molecule has 7 heteroatoms. The topological polar surface area (TPSA) is 75.7 Å². The highest BCUT2D eigenvalue weighted by molar-refractivity contribution is 5.98. The van der Waals surface area contributed by atoms with Crippen LogP contribution in [0.3, 0.4) is 0 Å². The minimum absolute atomic E-state index is 0.0231. The summed E-state index contributed by atoms with van der Waals surface area (Å²) in [5.74, 6) is -1.27. The van der Waals surface area contributed by atoms with E-state index in [1.807, 2.05) is 6.07 Å². The van der Waals surface area contributed by atoms with Crippen LogP contribution in [0.1, 0.15) is 34.8 Å². The molecule has 6 nitrogen and oxygen atoms in total. The molecule has 3 rings (SSSR count). The molecule has 0 radical (unpaired) electrons. The summed E-state index contributed by atoms with van der Waals surface area (Å²) in [6, 6.07) is 13.4. The number of amides is 2. The summed E-state index contributed by atoms with van der Waals surface area (Å²) in [6.07, 6.45) is -0.0827. The van der Waals surface area contributed by atoms with Crippen LogP contribution in [0.4, 0.5) is 4.39 Å². The average molecular weight is 398 g/mol. The fraction of sp³-hybridized carbons (Fsp3) is 0.318. The van der Waals surface area contributed by atoms with E-state index in [1.54, 1.807) is 29.2 Å². The van der Waals surface area contributed by atoms with Crippen molar-refractivity contribution >= 4 is 17.6 Å². The first-order valence-electron chi connectivity index (χ1n) is 9.54. The van der Waals surface area contributed by atoms with Crippen LogP contribution < -0.4 is 5.32 Å². The number of rotatable bonds is 7. The fourth-order valence-electron chi connectivity index (χ4n) is 3.14. The summed E-state index contributed by atoms with van der Waals surface area (Å²) in [4.78, 5) is 39.3. The maximum atomic E-state index is 13.0. The van der Waals surface area contributed by atoms with Gasteiger partial charge in [0.25, 0.3) is 0 Å². The number of ether oxygens (including phenoxy) is 1. The number of hydrogen-bond donors (Lipinski definition) is 1. The van der Waals surface area contributed by atoms with Gasteiger partial charge in [0.15, 0.2) is 5.78 Å². The van der Waals surface area contributed by atoms with Crippen LogP contribution in [-0.4, -0.2) is 48.8 Å².